The molecule has 28 heavy (non-hydrogen) atoms. The predicted octanol–water partition coefficient (Wildman–Crippen LogP) is 5.62. The molecular formula is C19H14F4N2O2S. The maximum absolute atomic E-state index is 14.2. The average molecular weight is 410 g/mol. The number of ether oxygens (including phenoxy) is 1. The topological polar surface area (TPSA) is 51.2 Å². The lowest BCUT2D eigenvalue weighted by atomic mass is 10.2. The fourth-order valence-electron chi connectivity index (χ4n) is 2.37. The van der Waals surface area contributed by atoms with Gasteiger partial charge < -0.3 is 10.1 Å². The van der Waals surface area contributed by atoms with Crippen molar-refractivity contribution in [2.24, 2.45) is 0 Å². The average Bonchev–Trinajstić information content (AvgIpc) is 3.12. The summed E-state index contributed by atoms with van der Waals surface area (Å²) in [5, 5.41) is 4.22. The van der Waals surface area contributed by atoms with Gasteiger partial charge in [0.1, 0.15) is 22.3 Å². The number of benzene rings is 2. The Labute approximate surface area is 161 Å². The van der Waals surface area contributed by atoms with Gasteiger partial charge in [-0.3, -0.25) is 4.79 Å². The monoisotopic (exact) mass is 410 g/mol. The maximum atomic E-state index is 14.2. The molecule has 1 N–H and O–H groups in total. The lowest BCUT2D eigenvalue weighted by Crippen LogP contribution is -2.12. The van der Waals surface area contributed by atoms with Crippen LogP contribution in [0.5, 0.6) is 5.75 Å². The fraction of sp³-hybridized carbons (Fsp3) is 0.158. The van der Waals surface area contributed by atoms with Gasteiger partial charge in [0.05, 0.1) is 12.2 Å². The lowest BCUT2D eigenvalue weighted by Gasteiger charge is -2.08. The molecule has 0 fully saturated rings. The molecule has 4 nitrogen and oxygen atoms in total. The molecule has 146 valence electrons. The molecule has 0 aliphatic rings. The highest BCUT2D eigenvalue weighted by Gasteiger charge is 2.30. The van der Waals surface area contributed by atoms with E-state index in [1.165, 1.54) is 17.5 Å². The van der Waals surface area contributed by atoms with Gasteiger partial charge in [-0.25, -0.2) is 9.37 Å². The molecule has 0 bridgehead atoms. The molecule has 0 aliphatic heterocycles. The summed E-state index contributed by atoms with van der Waals surface area (Å²) >= 11 is 1.08. The maximum Gasteiger partial charge on any atom is 0.416 e. The number of nitrogens with zero attached hydrogens (tertiary/aromatic N) is 1. The van der Waals surface area contributed by atoms with Crippen molar-refractivity contribution in [3.8, 4) is 16.3 Å². The van der Waals surface area contributed by atoms with Crippen LogP contribution in [0, 0.1) is 5.82 Å². The predicted molar refractivity (Wildman–Crippen MR) is 98.1 cm³/mol. The molecule has 0 aliphatic carbocycles. The minimum absolute atomic E-state index is 0.0354. The minimum Gasteiger partial charge on any atom is -0.494 e. The molecule has 0 unspecified atom stereocenters. The Morgan fingerprint density at radius 3 is 2.50 bits per heavy atom. The van der Waals surface area contributed by atoms with Crippen molar-refractivity contribution in [1.29, 1.82) is 0 Å². The zero-order chi connectivity index (χ0) is 20.3. The van der Waals surface area contributed by atoms with Gasteiger partial charge in [-0.15, -0.1) is 11.3 Å². The van der Waals surface area contributed by atoms with Gasteiger partial charge in [-0.05, 0) is 43.3 Å². The second-order valence-electron chi connectivity index (χ2n) is 5.64. The molecule has 0 atom stereocenters. The standard InChI is InChI=1S/C19H14F4N2O2S/c1-2-27-13-7-8-14(15(20)9-13)18-25-16(10-28-18)17(26)24-12-5-3-11(4-6-12)19(21,22)23/h3-10H,2H2,1H3,(H,24,26). The van der Waals surface area contributed by atoms with Gasteiger partial charge in [0.2, 0.25) is 0 Å². The van der Waals surface area contributed by atoms with E-state index in [-0.39, 0.29) is 16.9 Å². The van der Waals surface area contributed by atoms with Crippen molar-refractivity contribution < 1.29 is 27.1 Å². The van der Waals surface area contributed by atoms with E-state index in [9.17, 15) is 22.4 Å². The van der Waals surface area contributed by atoms with E-state index in [0.717, 1.165) is 35.6 Å². The lowest BCUT2D eigenvalue weighted by molar-refractivity contribution is -0.137. The summed E-state index contributed by atoms with van der Waals surface area (Å²) in [6, 6.07) is 8.40. The highest BCUT2D eigenvalue weighted by molar-refractivity contribution is 7.13. The molecule has 0 spiro atoms. The number of carbonyl (C=O) groups is 1. The molecule has 2 aromatic carbocycles. The Morgan fingerprint density at radius 1 is 1.18 bits per heavy atom. The Balaban J connectivity index is 1.74. The van der Waals surface area contributed by atoms with Crippen LogP contribution in [-0.2, 0) is 6.18 Å². The van der Waals surface area contributed by atoms with E-state index < -0.39 is 23.5 Å². The van der Waals surface area contributed by atoms with Crippen molar-refractivity contribution >= 4 is 22.9 Å². The number of alkyl halides is 3. The third-order valence-corrected chi connectivity index (χ3v) is 4.56. The summed E-state index contributed by atoms with van der Waals surface area (Å²) in [7, 11) is 0. The van der Waals surface area contributed by atoms with E-state index in [2.05, 4.69) is 10.3 Å². The van der Waals surface area contributed by atoms with Crippen LogP contribution >= 0.6 is 11.3 Å². The van der Waals surface area contributed by atoms with Crippen molar-refractivity contribution in [2.45, 2.75) is 13.1 Å². The van der Waals surface area contributed by atoms with E-state index in [4.69, 9.17) is 4.74 Å². The molecule has 3 rings (SSSR count). The van der Waals surface area contributed by atoms with Gasteiger partial charge in [0.15, 0.2) is 0 Å². The first-order chi connectivity index (χ1) is 13.3. The number of halogens is 4. The minimum atomic E-state index is -4.45. The van der Waals surface area contributed by atoms with Crippen molar-refractivity contribution in [3.63, 3.8) is 0 Å². The summed E-state index contributed by atoms with van der Waals surface area (Å²) < 4.78 is 57.2. The van der Waals surface area contributed by atoms with Gasteiger partial charge in [0.25, 0.3) is 5.91 Å². The first-order valence-electron chi connectivity index (χ1n) is 8.15. The van der Waals surface area contributed by atoms with Gasteiger partial charge in [-0.1, -0.05) is 0 Å². The molecule has 0 radical (unpaired) electrons. The summed E-state index contributed by atoms with van der Waals surface area (Å²) in [5.41, 5.74) is -0.359. The number of carbonyl (C=O) groups excluding carboxylic acids is 1. The van der Waals surface area contributed by atoms with Crippen molar-refractivity contribution in [2.75, 3.05) is 11.9 Å². The third-order valence-electron chi connectivity index (χ3n) is 3.69. The Morgan fingerprint density at radius 2 is 1.89 bits per heavy atom. The molecule has 1 amide bonds. The van der Waals surface area contributed by atoms with Crippen LogP contribution in [0.25, 0.3) is 10.6 Å². The zero-order valence-corrected chi connectivity index (χ0v) is 15.3. The van der Waals surface area contributed by atoms with Gasteiger partial charge in [-0.2, -0.15) is 13.2 Å². The highest BCUT2D eigenvalue weighted by Crippen LogP contribution is 2.31. The Hall–Kier alpha value is -2.94. The molecule has 1 heterocycles. The number of rotatable bonds is 5. The van der Waals surface area contributed by atoms with Crippen molar-refractivity contribution in [3.05, 3.63) is 64.9 Å². The van der Waals surface area contributed by atoms with Crippen LogP contribution in [0.15, 0.2) is 47.8 Å². The number of hydrogen-bond donors (Lipinski definition) is 1. The molecule has 3 aromatic rings. The first kappa shape index (κ1) is 19.8. The summed E-state index contributed by atoms with van der Waals surface area (Å²) in [6.07, 6.45) is -4.45. The van der Waals surface area contributed by atoms with E-state index in [1.807, 2.05) is 0 Å². The van der Waals surface area contributed by atoms with Crippen LogP contribution in [0.1, 0.15) is 23.0 Å². The summed E-state index contributed by atoms with van der Waals surface area (Å²) in [4.78, 5) is 16.4. The number of aromatic nitrogens is 1. The van der Waals surface area contributed by atoms with E-state index in [0.29, 0.717) is 17.4 Å². The zero-order valence-electron chi connectivity index (χ0n) is 14.5. The molecule has 9 heteroatoms. The number of hydrogen-bond acceptors (Lipinski definition) is 4. The number of nitrogens with one attached hydrogen (secondary N) is 1. The van der Waals surface area contributed by atoms with E-state index in [1.54, 1.807) is 13.0 Å². The largest absolute Gasteiger partial charge is 0.494 e. The molecule has 1 aromatic heterocycles. The van der Waals surface area contributed by atoms with Crippen molar-refractivity contribution in [1.82, 2.24) is 4.98 Å². The third kappa shape index (κ3) is 4.48. The quantitative estimate of drug-likeness (QED) is 0.556. The molecular weight excluding hydrogens is 396 g/mol. The SMILES string of the molecule is CCOc1ccc(-c2nc(C(=O)Nc3ccc(C(F)(F)F)cc3)cs2)c(F)c1. The van der Waals surface area contributed by atoms with Crippen LogP contribution in [-0.4, -0.2) is 17.5 Å². The summed E-state index contributed by atoms with van der Waals surface area (Å²) in [6.45, 7) is 2.19. The van der Waals surface area contributed by atoms with Crippen LogP contribution in [0.4, 0.5) is 23.2 Å². The number of thiazole rings is 1. The smallest absolute Gasteiger partial charge is 0.416 e. The molecule has 0 saturated carbocycles. The summed E-state index contributed by atoms with van der Waals surface area (Å²) in [5.74, 6) is -0.746. The Bertz CT molecular complexity index is 984. The molecule has 0 saturated heterocycles. The van der Waals surface area contributed by atoms with Gasteiger partial charge in [0, 0.05) is 22.7 Å². The van der Waals surface area contributed by atoms with Crippen LogP contribution in [0.2, 0.25) is 0 Å². The Kier molecular flexibility index (Phi) is 5.64. The van der Waals surface area contributed by atoms with Crippen LogP contribution in [0.3, 0.4) is 0 Å². The highest BCUT2D eigenvalue weighted by atomic mass is 32.1. The van der Waals surface area contributed by atoms with E-state index >= 15 is 0 Å². The van der Waals surface area contributed by atoms with Gasteiger partial charge >= 0.3 is 6.18 Å². The number of amides is 1. The first-order valence-corrected chi connectivity index (χ1v) is 9.02. The second-order valence-corrected chi connectivity index (χ2v) is 6.50. The normalized spacial score (nSPS) is 11.3. The van der Waals surface area contributed by atoms with Crippen LogP contribution < -0.4 is 10.1 Å². The second kappa shape index (κ2) is 7.97. The number of anilines is 1. The fourth-order valence-corrected chi connectivity index (χ4v) is 3.19.